The highest BCUT2D eigenvalue weighted by Crippen LogP contribution is 2.45. The molecule has 140 valence electrons. The molecule has 0 aliphatic carbocycles. The molecule has 0 spiro atoms. The quantitative estimate of drug-likeness (QED) is 0.673. The van der Waals surface area contributed by atoms with Gasteiger partial charge in [0.1, 0.15) is 0 Å². The number of hydrogen-bond acceptors (Lipinski definition) is 3. The van der Waals surface area contributed by atoms with E-state index in [-0.39, 0.29) is 11.3 Å². The lowest BCUT2D eigenvalue weighted by atomic mass is 9.87. The number of rotatable bonds is 2. The van der Waals surface area contributed by atoms with Crippen LogP contribution in [0.15, 0.2) is 48.5 Å². The largest absolute Gasteiger partial charge is 0.478 e. The first kappa shape index (κ1) is 16.6. The number of carbonyl (C=O) groups excluding carboxylic acids is 2. The number of carboxylic acid groups (broad SMARTS) is 1. The van der Waals surface area contributed by atoms with Gasteiger partial charge in [0, 0.05) is 17.4 Å². The van der Waals surface area contributed by atoms with Crippen LogP contribution in [0.5, 0.6) is 0 Å². The van der Waals surface area contributed by atoms with E-state index < -0.39 is 23.4 Å². The number of imide groups is 1. The van der Waals surface area contributed by atoms with Crippen molar-refractivity contribution in [1.82, 2.24) is 9.88 Å². The highest BCUT2D eigenvalue weighted by atomic mass is 16.4. The Balaban J connectivity index is 1.71. The first-order chi connectivity index (χ1) is 13.4. The minimum Gasteiger partial charge on any atom is -0.478 e. The van der Waals surface area contributed by atoms with Crippen molar-refractivity contribution in [2.24, 2.45) is 0 Å². The molecule has 1 fully saturated rings. The van der Waals surface area contributed by atoms with Crippen LogP contribution in [0.1, 0.15) is 28.5 Å². The third kappa shape index (κ3) is 1.90. The van der Waals surface area contributed by atoms with Crippen LogP contribution in [0.4, 0.5) is 10.5 Å². The number of aromatic amines is 1. The summed E-state index contributed by atoms with van der Waals surface area (Å²) >= 11 is 0. The van der Waals surface area contributed by atoms with E-state index in [1.807, 2.05) is 24.3 Å². The summed E-state index contributed by atoms with van der Waals surface area (Å²) in [6.45, 7) is 2.12. The van der Waals surface area contributed by atoms with E-state index in [0.717, 1.165) is 21.4 Å². The molecule has 2 aromatic carbocycles. The van der Waals surface area contributed by atoms with Crippen molar-refractivity contribution in [2.75, 3.05) is 11.4 Å². The lowest BCUT2D eigenvalue weighted by molar-refractivity contribution is -0.125. The lowest BCUT2D eigenvalue weighted by Crippen LogP contribution is -2.49. The molecular formula is C21H17N3O4. The fraction of sp³-hybridized carbons (Fsp3) is 0.190. The Hall–Kier alpha value is -3.61. The standard InChI is InChI=1S/C21H17N3O4/c1-21-17-13(12-6-2-4-8-15(12)22-17)10-11-23(21)20(28)24(19(21)27)16-9-5-3-7-14(16)18(25)26/h2-9,22H,10-11H2,1H3,(H,25,26)/t21-/m1/s1. The van der Waals surface area contributed by atoms with Crippen molar-refractivity contribution < 1.29 is 19.5 Å². The number of aromatic nitrogens is 1. The zero-order valence-electron chi connectivity index (χ0n) is 15.1. The maximum absolute atomic E-state index is 13.5. The molecule has 1 saturated heterocycles. The van der Waals surface area contributed by atoms with E-state index in [9.17, 15) is 19.5 Å². The first-order valence-corrected chi connectivity index (χ1v) is 9.03. The molecule has 2 aliphatic rings. The van der Waals surface area contributed by atoms with Gasteiger partial charge >= 0.3 is 12.0 Å². The molecule has 7 heteroatoms. The van der Waals surface area contributed by atoms with Gasteiger partial charge in [0.05, 0.1) is 16.9 Å². The van der Waals surface area contributed by atoms with Gasteiger partial charge in [-0.25, -0.2) is 14.5 Å². The van der Waals surface area contributed by atoms with Crippen LogP contribution in [0.3, 0.4) is 0 Å². The van der Waals surface area contributed by atoms with Crippen LogP contribution >= 0.6 is 0 Å². The van der Waals surface area contributed by atoms with E-state index in [0.29, 0.717) is 18.7 Å². The minimum atomic E-state index is -1.20. The molecule has 0 bridgehead atoms. The molecular weight excluding hydrogens is 358 g/mol. The van der Waals surface area contributed by atoms with Gasteiger partial charge in [0.15, 0.2) is 5.54 Å². The molecule has 28 heavy (non-hydrogen) atoms. The second kappa shape index (κ2) is 5.45. The monoisotopic (exact) mass is 375 g/mol. The second-order valence-electron chi connectivity index (χ2n) is 7.24. The van der Waals surface area contributed by atoms with Gasteiger partial charge in [-0.1, -0.05) is 30.3 Å². The summed E-state index contributed by atoms with van der Waals surface area (Å²) in [6, 6.07) is 13.4. The number of nitrogens with zero attached hydrogens (tertiary/aromatic N) is 2. The topological polar surface area (TPSA) is 93.7 Å². The zero-order chi connectivity index (χ0) is 19.6. The number of benzene rings is 2. The van der Waals surface area contributed by atoms with Crippen molar-refractivity contribution in [3.05, 3.63) is 65.4 Å². The Labute approximate surface area is 160 Å². The van der Waals surface area contributed by atoms with Crippen LogP contribution in [0.2, 0.25) is 0 Å². The summed E-state index contributed by atoms with van der Waals surface area (Å²) in [6.07, 6.45) is 0.627. The van der Waals surface area contributed by atoms with Crippen LogP contribution in [0, 0.1) is 0 Å². The summed E-state index contributed by atoms with van der Waals surface area (Å²) in [4.78, 5) is 44.2. The van der Waals surface area contributed by atoms with Crippen molar-refractivity contribution in [3.63, 3.8) is 0 Å². The number of para-hydroxylation sites is 2. The highest BCUT2D eigenvalue weighted by molar-refractivity contribution is 6.25. The number of anilines is 1. The van der Waals surface area contributed by atoms with E-state index in [4.69, 9.17) is 0 Å². The fourth-order valence-corrected chi connectivity index (χ4v) is 4.45. The number of hydrogen-bond donors (Lipinski definition) is 2. The average Bonchev–Trinajstić information content (AvgIpc) is 3.16. The summed E-state index contributed by atoms with van der Waals surface area (Å²) in [7, 11) is 0. The predicted molar refractivity (Wildman–Crippen MR) is 102 cm³/mol. The lowest BCUT2D eigenvalue weighted by Gasteiger charge is -2.35. The number of carboxylic acids is 1. The molecule has 3 aromatic rings. The SMILES string of the molecule is C[C@@]12C(=O)N(c3ccccc3C(=O)O)C(=O)N1CCc1c2[nH]c2ccccc12. The van der Waals surface area contributed by atoms with Crippen molar-refractivity contribution in [2.45, 2.75) is 18.9 Å². The van der Waals surface area contributed by atoms with Gasteiger partial charge in [-0.15, -0.1) is 0 Å². The predicted octanol–water partition coefficient (Wildman–Crippen LogP) is 3.11. The van der Waals surface area contributed by atoms with Crippen LogP contribution in [-0.4, -0.2) is 39.4 Å². The number of amides is 3. The summed E-state index contributed by atoms with van der Waals surface area (Å²) in [5.74, 6) is -1.63. The zero-order valence-corrected chi connectivity index (χ0v) is 15.1. The second-order valence-corrected chi connectivity index (χ2v) is 7.24. The van der Waals surface area contributed by atoms with E-state index in [2.05, 4.69) is 4.98 Å². The van der Waals surface area contributed by atoms with Crippen molar-refractivity contribution in [3.8, 4) is 0 Å². The fourth-order valence-electron chi connectivity index (χ4n) is 4.45. The van der Waals surface area contributed by atoms with E-state index in [1.54, 1.807) is 19.1 Å². The average molecular weight is 375 g/mol. The molecule has 2 N–H and O–H groups in total. The molecule has 2 aliphatic heterocycles. The van der Waals surface area contributed by atoms with Gasteiger partial charge in [0.2, 0.25) is 0 Å². The maximum atomic E-state index is 13.5. The van der Waals surface area contributed by atoms with Gasteiger partial charge in [-0.05, 0) is 37.1 Å². The number of carbonyl (C=O) groups is 3. The molecule has 3 heterocycles. The number of fused-ring (bicyclic) bond motifs is 5. The Morgan fingerprint density at radius 3 is 2.61 bits per heavy atom. The molecule has 1 aromatic heterocycles. The van der Waals surface area contributed by atoms with Crippen LogP contribution < -0.4 is 4.90 Å². The summed E-state index contributed by atoms with van der Waals surface area (Å²) in [5.41, 5.74) is 1.47. The first-order valence-electron chi connectivity index (χ1n) is 9.03. The van der Waals surface area contributed by atoms with Gasteiger partial charge in [-0.3, -0.25) is 4.79 Å². The number of nitrogens with one attached hydrogen (secondary N) is 1. The molecule has 0 radical (unpaired) electrons. The molecule has 0 saturated carbocycles. The minimum absolute atomic E-state index is 0.0792. The third-order valence-corrected chi connectivity index (χ3v) is 5.84. The van der Waals surface area contributed by atoms with E-state index in [1.165, 1.54) is 17.0 Å². The van der Waals surface area contributed by atoms with Crippen molar-refractivity contribution in [1.29, 1.82) is 0 Å². The highest BCUT2D eigenvalue weighted by Gasteiger charge is 2.59. The smallest absolute Gasteiger partial charge is 0.337 e. The Bertz CT molecular complexity index is 1180. The normalized spacial score (nSPS) is 21.2. The van der Waals surface area contributed by atoms with Crippen LogP contribution in [-0.2, 0) is 16.8 Å². The van der Waals surface area contributed by atoms with Crippen LogP contribution in [0.25, 0.3) is 10.9 Å². The summed E-state index contributed by atoms with van der Waals surface area (Å²) in [5, 5.41) is 10.5. The Kier molecular flexibility index (Phi) is 3.22. The molecule has 7 nitrogen and oxygen atoms in total. The number of aromatic carboxylic acids is 1. The summed E-state index contributed by atoms with van der Waals surface area (Å²) < 4.78 is 0. The third-order valence-electron chi connectivity index (χ3n) is 5.84. The number of urea groups is 1. The molecule has 1 atom stereocenters. The van der Waals surface area contributed by atoms with Gasteiger partial charge < -0.3 is 15.0 Å². The Morgan fingerprint density at radius 1 is 1.11 bits per heavy atom. The Morgan fingerprint density at radius 2 is 1.82 bits per heavy atom. The van der Waals surface area contributed by atoms with Gasteiger partial charge in [0.25, 0.3) is 5.91 Å². The van der Waals surface area contributed by atoms with Crippen molar-refractivity contribution >= 4 is 34.5 Å². The molecule has 3 amide bonds. The number of H-pyrrole nitrogens is 1. The van der Waals surface area contributed by atoms with E-state index >= 15 is 0 Å². The maximum Gasteiger partial charge on any atom is 0.337 e. The molecule has 0 unspecified atom stereocenters. The molecule has 5 rings (SSSR count). The van der Waals surface area contributed by atoms with Gasteiger partial charge in [-0.2, -0.15) is 0 Å².